The monoisotopic (exact) mass is 455 g/mol. The van der Waals surface area contributed by atoms with Gasteiger partial charge in [0.25, 0.3) is 0 Å². The lowest BCUT2D eigenvalue weighted by atomic mass is 9.94. The standard InChI is InChI=1S/C24H24IO/c1-17-15-21-10-8-19-5-3-18(4-6-19)7-9-20(17)16-24(21)25-22-11-13-23(26-2)14-12-22/h3-6,11-16H,7-10H2,1-2H3/q+1. The summed E-state index contributed by atoms with van der Waals surface area (Å²) in [6.45, 7) is 2.28. The molecule has 0 saturated heterocycles. The van der Waals surface area contributed by atoms with Crippen molar-refractivity contribution < 1.29 is 25.9 Å². The first kappa shape index (κ1) is 17.6. The van der Waals surface area contributed by atoms with E-state index < -0.39 is 0 Å². The lowest BCUT2D eigenvalue weighted by molar-refractivity contribution is -0.598. The van der Waals surface area contributed by atoms with Crippen LogP contribution < -0.4 is 25.9 Å². The van der Waals surface area contributed by atoms with E-state index in [1.165, 1.54) is 25.8 Å². The average Bonchev–Trinajstić information content (AvgIpc) is 2.67. The minimum absolute atomic E-state index is 0.172. The molecule has 3 aromatic carbocycles. The van der Waals surface area contributed by atoms with Gasteiger partial charge < -0.3 is 4.74 Å². The molecule has 0 N–H and O–H groups in total. The van der Waals surface area contributed by atoms with E-state index >= 15 is 0 Å². The number of ether oxygens (including phenoxy) is 1. The summed E-state index contributed by atoms with van der Waals surface area (Å²) in [6.07, 6.45) is 4.51. The smallest absolute Gasteiger partial charge is 0.358 e. The largest absolute Gasteiger partial charge is 0.497 e. The molecule has 1 nitrogen and oxygen atoms in total. The fraction of sp³-hybridized carbons (Fsp3) is 0.250. The summed E-state index contributed by atoms with van der Waals surface area (Å²) in [4.78, 5) is 0. The van der Waals surface area contributed by atoms with Gasteiger partial charge in [-0.1, -0.05) is 30.3 Å². The Hall–Kier alpha value is -1.81. The second-order valence-corrected chi connectivity index (χ2v) is 9.89. The Morgan fingerprint density at radius 1 is 0.731 bits per heavy atom. The predicted octanol–water partition coefficient (Wildman–Crippen LogP) is 2.02. The van der Waals surface area contributed by atoms with Crippen LogP contribution >= 0.6 is 0 Å². The lowest BCUT2D eigenvalue weighted by Crippen LogP contribution is -3.61. The molecule has 0 amide bonds. The summed E-state index contributed by atoms with van der Waals surface area (Å²) < 4.78 is 8.35. The Morgan fingerprint density at radius 2 is 1.35 bits per heavy atom. The summed E-state index contributed by atoms with van der Waals surface area (Å²) >= 11 is -0.172. The van der Waals surface area contributed by atoms with Gasteiger partial charge in [0.1, 0.15) is 5.75 Å². The van der Waals surface area contributed by atoms with Crippen molar-refractivity contribution in [1.29, 1.82) is 0 Å². The Bertz CT molecular complexity index is 895. The molecule has 4 aliphatic carbocycles. The molecule has 26 heavy (non-hydrogen) atoms. The van der Waals surface area contributed by atoms with Crippen LogP contribution in [0.25, 0.3) is 0 Å². The van der Waals surface area contributed by atoms with E-state index in [0.29, 0.717) is 0 Å². The van der Waals surface area contributed by atoms with Gasteiger partial charge in [0.2, 0.25) is 0 Å². The highest BCUT2D eigenvalue weighted by atomic mass is 127. The van der Waals surface area contributed by atoms with Gasteiger partial charge in [-0.25, -0.2) is 0 Å². The van der Waals surface area contributed by atoms with Crippen LogP contribution in [0.3, 0.4) is 0 Å². The van der Waals surface area contributed by atoms with Gasteiger partial charge in [0.05, 0.1) is 7.11 Å². The van der Waals surface area contributed by atoms with Crippen molar-refractivity contribution in [1.82, 2.24) is 0 Å². The third-order valence-corrected chi connectivity index (χ3v) is 8.08. The fourth-order valence-electron chi connectivity index (χ4n) is 3.51. The van der Waals surface area contributed by atoms with Gasteiger partial charge in [-0.3, -0.25) is 0 Å². The highest BCUT2D eigenvalue weighted by Crippen LogP contribution is 2.19. The van der Waals surface area contributed by atoms with Crippen molar-refractivity contribution >= 4 is 0 Å². The van der Waals surface area contributed by atoms with Crippen LogP contribution in [0.4, 0.5) is 0 Å². The summed E-state index contributed by atoms with van der Waals surface area (Å²) in [7, 11) is 1.73. The molecule has 0 aliphatic heterocycles. The predicted molar refractivity (Wildman–Crippen MR) is 103 cm³/mol. The highest BCUT2D eigenvalue weighted by Gasteiger charge is 2.22. The van der Waals surface area contributed by atoms with Crippen LogP contribution in [0, 0.1) is 14.1 Å². The Kier molecular flexibility index (Phi) is 5.30. The van der Waals surface area contributed by atoms with Gasteiger partial charge in [-0.15, -0.1) is 0 Å². The summed E-state index contributed by atoms with van der Waals surface area (Å²) in [5.74, 6) is 0.938. The first-order valence-corrected chi connectivity index (χ1v) is 11.4. The third kappa shape index (κ3) is 3.96. The Labute approximate surface area is 166 Å². The zero-order chi connectivity index (χ0) is 17.9. The third-order valence-electron chi connectivity index (χ3n) is 5.15. The second kappa shape index (κ2) is 7.83. The Morgan fingerprint density at radius 3 is 1.96 bits per heavy atom. The van der Waals surface area contributed by atoms with Crippen molar-refractivity contribution in [2.75, 3.05) is 7.11 Å². The Balaban J connectivity index is 1.68. The van der Waals surface area contributed by atoms with Crippen LogP contribution in [-0.4, -0.2) is 7.11 Å². The number of halogens is 1. The number of hydrogen-bond acceptors (Lipinski definition) is 1. The number of aryl methyl sites for hydroxylation is 5. The van der Waals surface area contributed by atoms with Crippen LogP contribution in [0.2, 0.25) is 0 Å². The number of rotatable bonds is 3. The van der Waals surface area contributed by atoms with E-state index in [-0.39, 0.29) is 21.2 Å². The molecule has 0 fully saturated rings. The van der Waals surface area contributed by atoms with E-state index in [2.05, 4.69) is 67.6 Å². The molecular weight excluding hydrogens is 431 g/mol. The first-order chi connectivity index (χ1) is 12.7. The van der Waals surface area contributed by atoms with E-state index in [1.807, 2.05) is 0 Å². The van der Waals surface area contributed by atoms with Crippen molar-refractivity contribution in [2.24, 2.45) is 0 Å². The normalized spacial score (nSPS) is 13.3. The molecule has 0 unspecified atom stereocenters. The van der Waals surface area contributed by atoms with Gasteiger partial charge in [0, 0.05) is 5.56 Å². The van der Waals surface area contributed by atoms with E-state index in [9.17, 15) is 0 Å². The number of hydrogen-bond donors (Lipinski definition) is 0. The van der Waals surface area contributed by atoms with Crippen molar-refractivity contribution in [3.05, 3.63) is 95.6 Å². The maximum absolute atomic E-state index is 5.30. The molecular formula is C24H24IO+. The van der Waals surface area contributed by atoms with Crippen LogP contribution in [0.15, 0.2) is 60.7 Å². The number of benzene rings is 3. The van der Waals surface area contributed by atoms with Gasteiger partial charge in [-0.2, -0.15) is 0 Å². The van der Waals surface area contributed by atoms with Crippen LogP contribution in [0.1, 0.15) is 27.8 Å². The maximum Gasteiger partial charge on any atom is 0.358 e. The van der Waals surface area contributed by atoms with Crippen molar-refractivity contribution in [3.8, 4) is 5.75 Å². The second-order valence-electron chi connectivity index (χ2n) is 6.94. The summed E-state index contributed by atoms with van der Waals surface area (Å²) in [5, 5.41) is 0. The average molecular weight is 455 g/mol. The molecule has 0 heterocycles. The quantitative estimate of drug-likeness (QED) is 0.550. The molecule has 0 aromatic heterocycles. The van der Waals surface area contributed by atoms with E-state index in [4.69, 9.17) is 4.74 Å². The molecule has 0 atom stereocenters. The molecule has 4 aliphatic rings. The van der Waals surface area contributed by atoms with E-state index in [1.54, 1.807) is 16.2 Å². The molecule has 0 saturated carbocycles. The fourth-order valence-corrected chi connectivity index (χ4v) is 6.21. The zero-order valence-electron chi connectivity index (χ0n) is 15.4. The molecule has 0 spiro atoms. The lowest BCUT2D eigenvalue weighted by Gasteiger charge is -2.12. The van der Waals surface area contributed by atoms with Crippen molar-refractivity contribution in [2.45, 2.75) is 32.6 Å². The zero-order valence-corrected chi connectivity index (χ0v) is 17.5. The van der Waals surface area contributed by atoms with Crippen molar-refractivity contribution in [3.63, 3.8) is 0 Å². The topological polar surface area (TPSA) is 9.23 Å². The molecule has 0 radical (unpaired) electrons. The molecule has 3 aromatic rings. The maximum atomic E-state index is 5.30. The van der Waals surface area contributed by atoms with Gasteiger partial charge in [-0.05, 0) is 85.2 Å². The summed E-state index contributed by atoms with van der Waals surface area (Å²) in [5.41, 5.74) is 7.41. The van der Waals surface area contributed by atoms with E-state index in [0.717, 1.165) is 31.4 Å². The highest BCUT2D eigenvalue weighted by molar-refractivity contribution is 5.34. The summed E-state index contributed by atoms with van der Waals surface area (Å²) in [6, 6.07) is 22.9. The minimum atomic E-state index is -0.172. The molecule has 2 heteroatoms. The number of methoxy groups -OCH3 is 1. The van der Waals surface area contributed by atoms with Crippen LogP contribution in [-0.2, 0) is 25.7 Å². The van der Waals surface area contributed by atoms with Crippen LogP contribution in [0.5, 0.6) is 5.75 Å². The molecule has 132 valence electrons. The first-order valence-electron chi connectivity index (χ1n) is 9.20. The minimum Gasteiger partial charge on any atom is -0.497 e. The van der Waals surface area contributed by atoms with Gasteiger partial charge >= 0.3 is 21.2 Å². The molecule has 4 bridgehead atoms. The molecule has 7 rings (SSSR count). The van der Waals surface area contributed by atoms with Gasteiger partial charge in [0.15, 0.2) is 7.14 Å². The SMILES string of the molecule is COc1ccc([I+]c2cc3c(C)cc2CCc2ccc(cc2)CC3)cc1.